The van der Waals surface area contributed by atoms with Gasteiger partial charge in [0, 0.05) is 24.7 Å². The van der Waals surface area contributed by atoms with E-state index in [-0.39, 0.29) is 0 Å². The van der Waals surface area contributed by atoms with Gasteiger partial charge in [0.2, 0.25) is 0 Å². The summed E-state index contributed by atoms with van der Waals surface area (Å²) >= 11 is 0. The van der Waals surface area contributed by atoms with Crippen LogP contribution in [0.15, 0.2) is 0 Å². The fourth-order valence-electron chi connectivity index (χ4n) is 3.58. The van der Waals surface area contributed by atoms with Gasteiger partial charge in [-0.15, -0.1) is 0 Å². The summed E-state index contributed by atoms with van der Waals surface area (Å²) < 4.78 is 0. The number of likely N-dealkylation sites (tertiary alicyclic amines) is 1. The third-order valence-corrected chi connectivity index (χ3v) is 4.60. The van der Waals surface area contributed by atoms with Crippen molar-refractivity contribution in [2.45, 2.75) is 64.6 Å². The van der Waals surface area contributed by atoms with E-state index in [0.29, 0.717) is 12.1 Å². The molecule has 1 aliphatic carbocycles. The molecular formula is C13H26N2. The Morgan fingerprint density at radius 2 is 1.87 bits per heavy atom. The molecule has 0 aromatic heterocycles. The van der Waals surface area contributed by atoms with Gasteiger partial charge in [0.25, 0.3) is 0 Å². The van der Waals surface area contributed by atoms with Crippen molar-refractivity contribution in [3.8, 4) is 0 Å². The van der Waals surface area contributed by atoms with E-state index in [1.54, 1.807) is 0 Å². The average molecular weight is 210 g/mol. The first kappa shape index (κ1) is 11.4. The van der Waals surface area contributed by atoms with Crippen LogP contribution in [0.4, 0.5) is 0 Å². The molecule has 2 aliphatic rings. The summed E-state index contributed by atoms with van der Waals surface area (Å²) in [6, 6.07) is 1.84. The van der Waals surface area contributed by atoms with Gasteiger partial charge in [0.05, 0.1) is 0 Å². The van der Waals surface area contributed by atoms with Crippen LogP contribution in [0.25, 0.3) is 0 Å². The predicted octanol–water partition coefficient (Wildman–Crippen LogP) is 2.23. The lowest BCUT2D eigenvalue weighted by molar-refractivity contribution is 0.0370. The standard InChI is InChI=1S/C13H26N2/c1-9-7-10(2)11(3)15(8-9)13-6-4-5-12(13)14/h9-13H,4-8,14H2,1-3H3. The highest BCUT2D eigenvalue weighted by molar-refractivity contribution is 4.94. The second-order valence-electron chi connectivity index (χ2n) is 5.92. The van der Waals surface area contributed by atoms with Crippen LogP contribution >= 0.6 is 0 Å². The maximum absolute atomic E-state index is 6.22. The minimum atomic E-state index is 0.435. The molecule has 1 aliphatic heterocycles. The van der Waals surface area contributed by atoms with Crippen LogP contribution in [0.2, 0.25) is 0 Å². The Morgan fingerprint density at radius 1 is 1.13 bits per heavy atom. The van der Waals surface area contributed by atoms with E-state index in [0.717, 1.165) is 17.9 Å². The van der Waals surface area contributed by atoms with Crippen molar-refractivity contribution in [3.63, 3.8) is 0 Å². The molecule has 1 heterocycles. The molecule has 0 amide bonds. The lowest BCUT2D eigenvalue weighted by Crippen LogP contribution is -2.54. The molecule has 0 aromatic carbocycles. The molecule has 2 heteroatoms. The Morgan fingerprint density at radius 3 is 2.47 bits per heavy atom. The molecular weight excluding hydrogens is 184 g/mol. The van der Waals surface area contributed by atoms with Gasteiger partial charge in [-0.25, -0.2) is 0 Å². The summed E-state index contributed by atoms with van der Waals surface area (Å²) in [7, 11) is 0. The summed E-state index contributed by atoms with van der Waals surface area (Å²) in [6.07, 6.45) is 5.28. The second kappa shape index (κ2) is 4.42. The molecule has 2 nitrogen and oxygen atoms in total. The molecule has 2 N–H and O–H groups in total. The van der Waals surface area contributed by atoms with Crippen LogP contribution in [0.3, 0.4) is 0 Å². The van der Waals surface area contributed by atoms with Crippen molar-refractivity contribution in [1.82, 2.24) is 4.90 Å². The molecule has 0 radical (unpaired) electrons. The van der Waals surface area contributed by atoms with Gasteiger partial charge < -0.3 is 5.73 Å². The highest BCUT2D eigenvalue weighted by atomic mass is 15.2. The number of rotatable bonds is 1. The van der Waals surface area contributed by atoms with Gasteiger partial charge in [-0.3, -0.25) is 4.90 Å². The topological polar surface area (TPSA) is 29.3 Å². The smallest absolute Gasteiger partial charge is 0.0250 e. The van der Waals surface area contributed by atoms with E-state index in [1.807, 2.05) is 0 Å². The van der Waals surface area contributed by atoms with Crippen LogP contribution in [-0.2, 0) is 0 Å². The van der Waals surface area contributed by atoms with E-state index in [1.165, 1.54) is 32.2 Å². The van der Waals surface area contributed by atoms with Crippen LogP contribution in [0.5, 0.6) is 0 Å². The molecule has 0 bridgehead atoms. The Balaban J connectivity index is 2.05. The number of nitrogens with zero attached hydrogens (tertiary/aromatic N) is 1. The van der Waals surface area contributed by atoms with Gasteiger partial charge in [-0.1, -0.05) is 20.3 Å². The first-order valence-electron chi connectivity index (χ1n) is 6.61. The zero-order valence-electron chi connectivity index (χ0n) is 10.4. The van der Waals surface area contributed by atoms with E-state index in [4.69, 9.17) is 5.73 Å². The number of piperidine rings is 1. The van der Waals surface area contributed by atoms with Gasteiger partial charge in [0.1, 0.15) is 0 Å². The summed E-state index contributed by atoms with van der Waals surface area (Å²) in [5.74, 6) is 1.69. The molecule has 1 saturated carbocycles. The molecule has 5 atom stereocenters. The van der Waals surface area contributed by atoms with Crippen molar-refractivity contribution in [2.24, 2.45) is 17.6 Å². The average Bonchev–Trinajstić information content (AvgIpc) is 2.58. The quantitative estimate of drug-likeness (QED) is 0.719. The summed E-state index contributed by atoms with van der Waals surface area (Å²) in [6.45, 7) is 8.44. The number of hydrogen-bond donors (Lipinski definition) is 1. The van der Waals surface area contributed by atoms with Crippen LogP contribution in [0, 0.1) is 11.8 Å². The van der Waals surface area contributed by atoms with Gasteiger partial charge in [0.15, 0.2) is 0 Å². The van der Waals surface area contributed by atoms with Crippen molar-refractivity contribution >= 4 is 0 Å². The molecule has 0 aromatic rings. The summed E-state index contributed by atoms with van der Waals surface area (Å²) in [5, 5.41) is 0. The minimum Gasteiger partial charge on any atom is -0.326 e. The summed E-state index contributed by atoms with van der Waals surface area (Å²) in [5.41, 5.74) is 6.22. The number of nitrogens with two attached hydrogens (primary N) is 1. The van der Waals surface area contributed by atoms with Crippen molar-refractivity contribution in [3.05, 3.63) is 0 Å². The third kappa shape index (κ3) is 2.21. The highest BCUT2D eigenvalue weighted by Crippen LogP contribution is 2.33. The van der Waals surface area contributed by atoms with E-state index >= 15 is 0 Å². The SMILES string of the molecule is CC1CC(C)C(C)N(C2CCCC2N)C1. The third-order valence-electron chi connectivity index (χ3n) is 4.60. The first-order valence-corrected chi connectivity index (χ1v) is 6.61. The maximum atomic E-state index is 6.22. The molecule has 0 spiro atoms. The summed E-state index contributed by atoms with van der Waals surface area (Å²) in [4.78, 5) is 2.70. The van der Waals surface area contributed by atoms with Crippen molar-refractivity contribution in [2.75, 3.05) is 6.54 Å². The Labute approximate surface area is 94.2 Å². The zero-order valence-corrected chi connectivity index (χ0v) is 10.4. The Kier molecular flexibility index (Phi) is 3.36. The molecule has 88 valence electrons. The highest BCUT2D eigenvalue weighted by Gasteiger charge is 2.37. The van der Waals surface area contributed by atoms with Crippen molar-refractivity contribution < 1.29 is 0 Å². The lowest BCUT2D eigenvalue weighted by atomic mass is 9.84. The van der Waals surface area contributed by atoms with E-state index < -0.39 is 0 Å². The second-order valence-corrected chi connectivity index (χ2v) is 5.92. The Bertz CT molecular complexity index is 217. The van der Waals surface area contributed by atoms with Crippen LogP contribution in [0.1, 0.15) is 46.5 Å². The zero-order chi connectivity index (χ0) is 11.0. The lowest BCUT2D eigenvalue weighted by Gasteiger charge is -2.45. The molecule has 15 heavy (non-hydrogen) atoms. The minimum absolute atomic E-state index is 0.435. The van der Waals surface area contributed by atoms with Crippen molar-refractivity contribution in [1.29, 1.82) is 0 Å². The largest absolute Gasteiger partial charge is 0.326 e. The number of hydrogen-bond acceptors (Lipinski definition) is 2. The van der Waals surface area contributed by atoms with Crippen LogP contribution in [-0.4, -0.2) is 29.6 Å². The van der Waals surface area contributed by atoms with Gasteiger partial charge in [-0.2, -0.15) is 0 Å². The normalized spacial score (nSPS) is 48.4. The molecule has 1 saturated heterocycles. The maximum Gasteiger partial charge on any atom is 0.0250 e. The molecule has 2 rings (SSSR count). The fourth-order valence-corrected chi connectivity index (χ4v) is 3.58. The Hall–Kier alpha value is -0.0800. The van der Waals surface area contributed by atoms with E-state index in [9.17, 15) is 0 Å². The van der Waals surface area contributed by atoms with E-state index in [2.05, 4.69) is 25.7 Å². The van der Waals surface area contributed by atoms with Crippen LogP contribution < -0.4 is 5.73 Å². The van der Waals surface area contributed by atoms with Gasteiger partial charge >= 0.3 is 0 Å². The van der Waals surface area contributed by atoms with Gasteiger partial charge in [-0.05, 0) is 38.0 Å². The molecule has 2 fully saturated rings. The predicted molar refractivity (Wildman–Crippen MR) is 64.7 cm³/mol. The molecule has 5 unspecified atom stereocenters. The monoisotopic (exact) mass is 210 g/mol. The first-order chi connectivity index (χ1) is 7.09. The fraction of sp³-hybridized carbons (Fsp3) is 1.00.